The molecule has 3 aliphatic carbocycles. The number of hydrogen-bond donors (Lipinski definition) is 0. The molecular weight excluding hydrogens is 332 g/mol. The Labute approximate surface area is 153 Å². The molecule has 0 aromatic heterocycles. The van der Waals surface area contributed by atoms with Crippen molar-refractivity contribution in [1.82, 2.24) is 0 Å². The van der Waals surface area contributed by atoms with E-state index in [-0.39, 0.29) is 24.4 Å². The molecule has 0 N–H and O–H groups in total. The zero-order chi connectivity index (χ0) is 17.9. The molecular formula is C21H26O5. The van der Waals surface area contributed by atoms with Gasteiger partial charge in [0.15, 0.2) is 6.79 Å². The quantitative estimate of drug-likeness (QED) is 0.603. The van der Waals surface area contributed by atoms with E-state index >= 15 is 0 Å². The fourth-order valence-electron chi connectivity index (χ4n) is 6.29. The highest BCUT2D eigenvalue weighted by atomic mass is 16.8. The molecule has 1 heterocycles. The van der Waals surface area contributed by atoms with Gasteiger partial charge in [0, 0.05) is 12.5 Å². The van der Waals surface area contributed by atoms with Crippen LogP contribution in [0.2, 0.25) is 0 Å². The second kappa shape index (κ2) is 5.88. The SMILES string of the molecule is COCOc1ccc2c(c1)CC[C@@H]1[C@@H]2CC[C@]2(C)[C@@H]3OC(=O)O[C@@H]3C[C@@H]12. The Balaban J connectivity index is 1.41. The molecule has 1 aliphatic heterocycles. The average molecular weight is 358 g/mol. The third-order valence-corrected chi connectivity index (χ3v) is 7.42. The van der Waals surface area contributed by atoms with Gasteiger partial charge in [-0.25, -0.2) is 4.79 Å². The summed E-state index contributed by atoms with van der Waals surface area (Å²) in [7, 11) is 1.64. The van der Waals surface area contributed by atoms with Gasteiger partial charge in [-0.3, -0.25) is 0 Å². The van der Waals surface area contributed by atoms with Crippen LogP contribution >= 0.6 is 0 Å². The highest BCUT2D eigenvalue weighted by molar-refractivity contribution is 5.63. The van der Waals surface area contributed by atoms with Gasteiger partial charge in [-0.05, 0) is 73.1 Å². The molecule has 26 heavy (non-hydrogen) atoms. The maximum absolute atomic E-state index is 11.6. The fraction of sp³-hybridized carbons (Fsp3) is 0.667. The topological polar surface area (TPSA) is 54.0 Å². The summed E-state index contributed by atoms with van der Waals surface area (Å²) in [5, 5.41) is 0. The molecule has 0 radical (unpaired) electrons. The zero-order valence-corrected chi connectivity index (χ0v) is 15.4. The number of rotatable bonds is 3. The van der Waals surface area contributed by atoms with E-state index in [9.17, 15) is 4.79 Å². The Bertz CT molecular complexity index is 731. The van der Waals surface area contributed by atoms with Crippen LogP contribution < -0.4 is 4.74 Å². The lowest BCUT2D eigenvalue weighted by atomic mass is 9.55. The minimum absolute atomic E-state index is 0.0394. The molecule has 1 aromatic rings. The Hall–Kier alpha value is -1.75. The van der Waals surface area contributed by atoms with E-state index in [4.69, 9.17) is 18.9 Å². The molecule has 5 nitrogen and oxygen atoms in total. The first-order valence-electron chi connectivity index (χ1n) is 9.72. The monoisotopic (exact) mass is 358 g/mol. The molecule has 4 aliphatic rings. The third-order valence-electron chi connectivity index (χ3n) is 7.42. The molecule has 140 valence electrons. The maximum atomic E-state index is 11.6. The number of carbonyl (C=O) groups excluding carboxylic acids is 1. The van der Waals surface area contributed by atoms with Crippen molar-refractivity contribution in [3.63, 3.8) is 0 Å². The van der Waals surface area contributed by atoms with Crippen LogP contribution in [0.5, 0.6) is 5.75 Å². The number of benzene rings is 1. The molecule has 5 heteroatoms. The zero-order valence-electron chi connectivity index (χ0n) is 15.4. The minimum Gasteiger partial charge on any atom is -0.468 e. The molecule has 6 atom stereocenters. The van der Waals surface area contributed by atoms with Gasteiger partial charge >= 0.3 is 6.16 Å². The average Bonchev–Trinajstić information content (AvgIpc) is 3.14. The second-order valence-electron chi connectivity index (χ2n) is 8.55. The van der Waals surface area contributed by atoms with Gasteiger partial charge in [0.2, 0.25) is 0 Å². The molecule has 1 saturated heterocycles. The summed E-state index contributed by atoms with van der Waals surface area (Å²) in [6, 6.07) is 6.51. The van der Waals surface area contributed by atoms with Crippen LogP contribution in [0.1, 0.15) is 49.7 Å². The third kappa shape index (κ3) is 2.29. The van der Waals surface area contributed by atoms with Crippen LogP contribution in [-0.2, 0) is 20.6 Å². The van der Waals surface area contributed by atoms with Gasteiger partial charge in [-0.1, -0.05) is 13.0 Å². The van der Waals surface area contributed by atoms with Gasteiger partial charge in [0.25, 0.3) is 0 Å². The number of hydrogen-bond acceptors (Lipinski definition) is 5. The van der Waals surface area contributed by atoms with Crippen LogP contribution in [0.4, 0.5) is 4.79 Å². The standard InChI is InChI=1S/C21H26O5/c1-21-8-7-15-14-6-4-13(24-11-23-2)9-12(14)3-5-16(15)17(21)10-18-19(21)26-20(22)25-18/h4,6,9,15-19H,3,5,7-8,10-11H2,1-2H3/t15-,16-,17+,18-,19-,21+/m1/s1. The Kier molecular flexibility index (Phi) is 3.71. The minimum atomic E-state index is -0.473. The first-order valence-corrected chi connectivity index (χ1v) is 9.72. The molecule has 3 fully saturated rings. The van der Waals surface area contributed by atoms with Gasteiger partial charge in [-0.2, -0.15) is 0 Å². The van der Waals surface area contributed by atoms with E-state index in [1.807, 2.05) is 0 Å². The first kappa shape index (κ1) is 16.4. The summed E-state index contributed by atoms with van der Waals surface area (Å²) in [4.78, 5) is 11.6. The highest BCUT2D eigenvalue weighted by Gasteiger charge is 2.63. The van der Waals surface area contributed by atoms with Crippen LogP contribution in [0.15, 0.2) is 18.2 Å². The normalized spacial score (nSPS) is 39.9. The first-order chi connectivity index (χ1) is 12.6. The van der Waals surface area contributed by atoms with Gasteiger partial charge < -0.3 is 18.9 Å². The second-order valence-corrected chi connectivity index (χ2v) is 8.55. The van der Waals surface area contributed by atoms with E-state index in [2.05, 4.69) is 25.1 Å². The number of carbonyl (C=O) groups is 1. The lowest BCUT2D eigenvalue weighted by molar-refractivity contribution is -0.0213. The Morgan fingerprint density at radius 2 is 2.15 bits per heavy atom. The van der Waals surface area contributed by atoms with Crippen LogP contribution in [0, 0.1) is 17.3 Å². The summed E-state index contributed by atoms with van der Waals surface area (Å²) in [6.45, 7) is 2.60. The van der Waals surface area contributed by atoms with Gasteiger partial charge in [-0.15, -0.1) is 0 Å². The smallest absolute Gasteiger partial charge is 0.468 e. The van der Waals surface area contributed by atoms with Crippen molar-refractivity contribution in [2.24, 2.45) is 17.3 Å². The fourth-order valence-corrected chi connectivity index (χ4v) is 6.29. The predicted octanol–water partition coefficient (Wildman–Crippen LogP) is 4.04. The number of ether oxygens (including phenoxy) is 4. The summed E-state index contributed by atoms with van der Waals surface area (Å²) in [6.07, 6.45) is 4.93. The number of aryl methyl sites for hydroxylation is 1. The molecule has 1 aromatic carbocycles. The molecule has 0 unspecified atom stereocenters. The van der Waals surface area contributed by atoms with Crippen LogP contribution in [-0.4, -0.2) is 32.3 Å². The van der Waals surface area contributed by atoms with Crippen molar-refractivity contribution in [3.8, 4) is 5.75 Å². The molecule has 0 amide bonds. The van der Waals surface area contributed by atoms with E-state index in [0.29, 0.717) is 17.8 Å². The maximum Gasteiger partial charge on any atom is 0.509 e. The molecule has 0 spiro atoms. The summed E-state index contributed by atoms with van der Waals surface area (Å²) >= 11 is 0. The predicted molar refractivity (Wildman–Crippen MR) is 94.1 cm³/mol. The van der Waals surface area contributed by atoms with E-state index in [0.717, 1.165) is 31.4 Å². The Morgan fingerprint density at radius 3 is 3.00 bits per heavy atom. The van der Waals surface area contributed by atoms with Gasteiger partial charge in [0.05, 0.1) is 0 Å². The van der Waals surface area contributed by atoms with Crippen molar-refractivity contribution >= 4 is 6.16 Å². The number of fused-ring (bicyclic) bond motifs is 7. The molecule has 0 bridgehead atoms. The lowest BCUT2D eigenvalue weighted by Crippen LogP contribution is -2.44. The van der Waals surface area contributed by atoms with E-state index in [1.54, 1.807) is 7.11 Å². The van der Waals surface area contributed by atoms with Crippen molar-refractivity contribution in [2.75, 3.05) is 13.9 Å². The lowest BCUT2D eigenvalue weighted by Gasteiger charge is -2.49. The molecule has 5 rings (SSSR count). The van der Waals surface area contributed by atoms with Crippen molar-refractivity contribution < 1.29 is 23.7 Å². The largest absolute Gasteiger partial charge is 0.509 e. The van der Waals surface area contributed by atoms with E-state index in [1.165, 1.54) is 17.5 Å². The highest BCUT2D eigenvalue weighted by Crippen LogP contribution is 2.63. The Morgan fingerprint density at radius 1 is 1.27 bits per heavy atom. The van der Waals surface area contributed by atoms with Crippen LogP contribution in [0.25, 0.3) is 0 Å². The van der Waals surface area contributed by atoms with Crippen LogP contribution in [0.3, 0.4) is 0 Å². The van der Waals surface area contributed by atoms with Crippen molar-refractivity contribution in [2.45, 2.75) is 57.2 Å². The summed E-state index contributed by atoms with van der Waals surface area (Å²) < 4.78 is 21.6. The van der Waals surface area contributed by atoms with Crippen molar-refractivity contribution in [3.05, 3.63) is 29.3 Å². The summed E-state index contributed by atoms with van der Waals surface area (Å²) in [5.74, 6) is 2.71. The number of methoxy groups -OCH3 is 1. The molecule has 2 saturated carbocycles. The summed E-state index contributed by atoms with van der Waals surface area (Å²) in [5.41, 5.74) is 2.98. The van der Waals surface area contributed by atoms with Crippen molar-refractivity contribution in [1.29, 1.82) is 0 Å². The van der Waals surface area contributed by atoms with Gasteiger partial charge in [0.1, 0.15) is 18.0 Å². The van der Waals surface area contributed by atoms with E-state index < -0.39 is 6.16 Å².